The summed E-state index contributed by atoms with van der Waals surface area (Å²) in [7, 11) is -3.61. The highest BCUT2D eigenvalue weighted by Crippen LogP contribution is 2.32. The predicted molar refractivity (Wildman–Crippen MR) is 99.0 cm³/mol. The number of likely N-dealkylation sites (tertiary alicyclic amines) is 1. The molecule has 1 aliphatic heterocycles. The van der Waals surface area contributed by atoms with Gasteiger partial charge in [-0.1, -0.05) is 24.3 Å². The lowest BCUT2D eigenvalue weighted by Crippen LogP contribution is -2.23. The van der Waals surface area contributed by atoms with Gasteiger partial charge in [0.15, 0.2) is 0 Å². The predicted octanol–water partition coefficient (Wildman–Crippen LogP) is 2.92. The summed E-state index contributed by atoms with van der Waals surface area (Å²) in [5.41, 5.74) is 2.33. The Hall–Kier alpha value is -1.74. The van der Waals surface area contributed by atoms with Gasteiger partial charge in [0.25, 0.3) is 6.47 Å². The number of primary sulfonamides is 1. The van der Waals surface area contributed by atoms with Crippen molar-refractivity contribution in [2.24, 2.45) is 5.14 Å². The maximum absolute atomic E-state index is 11.4. The first-order valence-corrected chi connectivity index (χ1v) is 10.3. The van der Waals surface area contributed by atoms with Crippen LogP contribution in [0, 0.1) is 0 Å². The minimum Gasteiger partial charge on any atom is -0.483 e. The van der Waals surface area contributed by atoms with Crippen molar-refractivity contribution in [3.63, 3.8) is 0 Å². The minimum absolute atomic E-state index is 0.206. The number of thiophene rings is 1. The number of nitrogens with two attached hydrogens (primary N) is 1. The lowest BCUT2D eigenvalue weighted by Gasteiger charge is -2.24. The van der Waals surface area contributed by atoms with Gasteiger partial charge in [0, 0.05) is 10.9 Å². The largest absolute Gasteiger partial charge is 0.483 e. The van der Waals surface area contributed by atoms with Crippen LogP contribution < -0.4 is 5.14 Å². The summed E-state index contributed by atoms with van der Waals surface area (Å²) < 4.78 is 22.9. The van der Waals surface area contributed by atoms with Crippen LogP contribution >= 0.6 is 11.3 Å². The van der Waals surface area contributed by atoms with Crippen LogP contribution in [0.25, 0.3) is 10.4 Å². The van der Waals surface area contributed by atoms with Crippen molar-refractivity contribution >= 4 is 27.8 Å². The molecule has 0 radical (unpaired) electrons. The quantitative estimate of drug-likeness (QED) is 0.792. The molecule has 0 aliphatic carbocycles. The Morgan fingerprint density at radius 1 is 1.16 bits per heavy atom. The Kier molecular flexibility index (Phi) is 6.71. The summed E-state index contributed by atoms with van der Waals surface area (Å²) in [5, 5.41) is 12.0. The van der Waals surface area contributed by atoms with Gasteiger partial charge in [0.2, 0.25) is 10.0 Å². The van der Waals surface area contributed by atoms with E-state index < -0.39 is 10.0 Å². The van der Waals surface area contributed by atoms with E-state index in [1.165, 1.54) is 42.8 Å². The van der Waals surface area contributed by atoms with Crippen molar-refractivity contribution in [2.75, 3.05) is 13.1 Å². The summed E-state index contributed by atoms with van der Waals surface area (Å²) in [6.07, 6.45) is 2.57. The number of carbonyl (C=O) groups is 1. The molecule has 1 aliphatic rings. The highest BCUT2D eigenvalue weighted by molar-refractivity contribution is 7.91. The second-order valence-electron chi connectivity index (χ2n) is 5.81. The summed E-state index contributed by atoms with van der Waals surface area (Å²) in [4.78, 5) is 11.8. The molecule has 1 aromatic heterocycles. The molecule has 1 fully saturated rings. The molecule has 1 saturated heterocycles. The van der Waals surface area contributed by atoms with Gasteiger partial charge in [0.05, 0.1) is 0 Å². The topological polar surface area (TPSA) is 101 Å². The monoisotopic (exact) mass is 382 g/mol. The third kappa shape index (κ3) is 5.12. The Balaban J connectivity index is 0.000000701. The fourth-order valence-corrected chi connectivity index (χ4v) is 4.63. The molecular weight excluding hydrogens is 360 g/mol. The number of nitrogens with zero attached hydrogens (tertiary/aromatic N) is 1. The molecule has 0 amide bonds. The van der Waals surface area contributed by atoms with E-state index >= 15 is 0 Å². The fraction of sp³-hybridized carbons (Fsp3) is 0.353. The molecular formula is C17H22N2O4S2. The first-order chi connectivity index (χ1) is 11.9. The van der Waals surface area contributed by atoms with Crippen molar-refractivity contribution in [1.29, 1.82) is 0 Å². The summed E-state index contributed by atoms with van der Waals surface area (Å²) >= 11 is 1.21. The highest BCUT2D eigenvalue weighted by Gasteiger charge is 2.19. The minimum atomic E-state index is -3.61. The first-order valence-electron chi connectivity index (χ1n) is 7.91. The lowest BCUT2D eigenvalue weighted by molar-refractivity contribution is -0.122. The van der Waals surface area contributed by atoms with Crippen molar-refractivity contribution in [1.82, 2.24) is 4.90 Å². The molecule has 0 saturated carbocycles. The number of rotatable bonds is 4. The molecule has 0 spiro atoms. The fourth-order valence-electron chi connectivity index (χ4n) is 2.89. The molecule has 6 nitrogen and oxygen atoms in total. The molecule has 25 heavy (non-hydrogen) atoms. The number of hydrogen-bond donors (Lipinski definition) is 2. The highest BCUT2D eigenvalue weighted by atomic mass is 32.2. The average molecular weight is 383 g/mol. The molecule has 1 atom stereocenters. The van der Waals surface area contributed by atoms with Crippen LogP contribution in [0.15, 0.2) is 40.6 Å². The van der Waals surface area contributed by atoms with E-state index in [2.05, 4.69) is 36.1 Å². The number of hydrogen-bond acceptors (Lipinski definition) is 5. The number of benzene rings is 1. The van der Waals surface area contributed by atoms with E-state index in [1.807, 2.05) is 6.07 Å². The van der Waals surface area contributed by atoms with Gasteiger partial charge < -0.3 is 5.11 Å². The number of sulfonamides is 1. The van der Waals surface area contributed by atoms with Crippen LogP contribution in [0.4, 0.5) is 0 Å². The first kappa shape index (κ1) is 19.6. The molecule has 1 aromatic carbocycles. The van der Waals surface area contributed by atoms with Gasteiger partial charge in [-0.3, -0.25) is 9.69 Å². The van der Waals surface area contributed by atoms with Crippen molar-refractivity contribution in [3.05, 3.63) is 42.0 Å². The molecule has 2 aromatic rings. The Morgan fingerprint density at radius 2 is 1.72 bits per heavy atom. The van der Waals surface area contributed by atoms with E-state index in [9.17, 15) is 8.42 Å². The normalized spacial score (nSPS) is 16.1. The molecule has 3 N–H and O–H groups in total. The zero-order valence-electron chi connectivity index (χ0n) is 14.0. The molecule has 3 rings (SSSR count). The Bertz CT molecular complexity index is 794. The van der Waals surface area contributed by atoms with E-state index in [-0.39, 0.29) is 10.7 Å². The third-order valence-corrected chi connectivity index (χ3v) is 6.80. The van der Waals surface area contributed by atoms with E-state index in [1.54, 1.807) is 6.07 Å². The smallest absolute Gasteiger partial charge is 0.290 e. The lowest BCUT2D eigenvalue weighted by atomic mass is 10.0. The molecule has 2 heterocycles. The van der Waals surface area contributed by atoms with Gasteiger partial charge in [-0.05, 0) is 56.1 Å². The van der Waals surface area contributed by atoms with Gasteiger partial charge >= 0.3 is 0 Å². The van der Waals surface area contributed by atoms with Crippen molar-refractivity contribution in [3.8, 4) is 10.4 Å². The zero-order valence-corrected chi connectivity index (χ0v) is 15.6. The summed E-state index contributed by atoms with van der Waals surface area (Å²) in [5.74, 6) is 0. The summed E-state index contributed by atoms with van der Waals surface area (Å²) in [6.45, 7) is 4.34. The third-order valence-electron chi connectivity index (χ3n) is 4.23. The second kappa shape index (κ2) is 8.57. The van der Waals surface area contributed by atoms with Gasteiger partial charge in [0.1, 0.15) is 4.21 Å². The van der Waals surface area contributed by atoms with E-state index in [0.717, 1.165) is 10.4 Å². The van der Waals surface area contributed by atoms with Crippen molar-refractivity contribution < 1.29 is 18.3 Å². The molecule has 136 valence electrons. The average Bonchev–Trinajstić information content (AvgIpc) is 3.26. The zero-order chi connectivity index (χ0) is 18.4. The van der Waals surface area contributed by atoms with Gasteiger partial charge in [-0.15, -0.1) is 11.3 Å². The van der Waals surface area contributed by atoms with Gasteiger partial charge in [-0.25, -0.2) is 13.6 Å². The second-order valence-corrected chi connectivity index (χ2v) is 8.68. The van der Waals surface area contributed by atoms with Gasteiger partial charge in [-0.2, -0.15) is 0 Å². The van der Waals surface area contributed by atoms with Crippen LogP contribution in [0.2, 0.25) is 0 Å². The SMILES string of the molecule is CC(c1ccc(-c2ccc(S(N)(=O)=O)s2)cc1)N1CCCC1.O=CO. The summed E-state index contributed by atoms with van der Waals surface area (Å²) in [6, 6.07) is 12.2. The molecule has 8 heteroatoms. The molecule has 1 unspecified atom stereocenters. The molecule has 0 bridgehead atoms. The van der Waals surface area contributed by atoms with Crippen molar-refractivity contribution in [2.45, 2.75) is 30.0 Å². The van der Waals surface area contributed by atoms with Crippen LogP contribution in [-0.2, 0) is 14.8 Å². The Morgan fingerprint density at radius 3 is 2.20 bits per heavy atom. The standard InChI is InChI=1S/C16H20N2O2S2.CH2O2/c1-12(18-10-2-3-11-18)13-4-6-14(7-5-13)15-8-9-16(21-15)22(17,19)20;2-1-3/h4-9,12H,2-3,10-11H2,1H3,(H2,17,19,20);1H,(H,2,3). The van der Waals surface area contributed by atoms with Crippen LogP contribution in [0.1, 0.15) is 31.4 Å². The van der Waals surface area contributed by atoms with E-state index in [4.69, 9.17) is 15.0 Å². The van der Waals surface area contributed by atoms with Crippen LogP contribution in [0.3, 0.4) is 0 Å². The maximum atomic E-state index is 11.4. The number of carboxylic acid groups (broad SMARTS) is 1. The maximum Gasteiger partial charge on any atom is 0.290 e. The Labute approximate surface area is 151 Å². The van der Waals surface area contributed by atoms with Crippen LogP contribution in [-0.4, -0.2) is 38.0 Å². The van der Waals surface area contributed by atoms with Crippen LogP contribution in [0.5, 0.6) is 0 Å². The van der Waals surface area contributed by atoms with E-state index in [0.29, 0.717) is 6.04 Å².